The number of urea groups is 1. The zero-order chi connectivity index (χ0) is 13.5. The maximum absolute atomic E-state index is 11.6. The van der Waals surface area contributed by atoms with Crippen molar-refractivity contribution in [1.82, 2.24) is 10.3 Å². The van der Waals surface area contributed by atoms with Crippen LogP contribution in [0.2, 0.25) is 0 Å². The van der Waals surface area contributed by atoms with E-state index in [2.05, 4.69) is 31.5 Å². The summed E-state index contributed by atoms with van der Waals surface area (Å²) in [5, 5.41) is 5.55. The van der Waals surface area contributed by atoms with E-state index >= 15 is 0 Å². The van der Waals surface area contributed by atoms with Gasteiger partial charge in [-0.1, -0.05) is 28.1 Å². The van der Waals surface area contributed by atoms with Crippen LogP contribution in [0, 0.1) is 0 Å². The molecule has 0 saturated heterocycles. The van der Waals surface area contributed by atoms with Gasteiger partial charge in [0.15, 0.2) is 0 Å². The van der Waals surface area contributed by atoms with E-state index in [1.54, 1.807) is 24.5 Å². The van der Waals surface area contributed by atoms with Crippen molar-refractivity contribution in [3.63, 3.8) is 0 Å². The van der Waals surface area contributed by atoms with Crippen LogP contribution in [-0.2, 0) is 6.42 Å². The van der Waals surface area contributed by atoms with E-state index in [0.29, 0.717) is 6.54 Å². The molecule has 0 atom stereocenters. The highest BCUT2D eigenvalue weighted by Gasteiger charge is 2.00. The second-order valence-electron chi connectivity index (χ2n) is 3.99. The van der Waals surface area contributed by atoms with Crippen molar-refractivity contribution in [3.8, 4) is 0 Å². The molecule has 0 saturated carbocycles. The quantitative estimate of drug-likeness (QED) is 0.909. The summed E-state index contributed by atoms with van der Waals surface area (Å²) in [4.78, 5) is 15.5. The van der Waals surface area contributed by atoms with Gasteiger partial charge in [-0.2, -0.15) is 0 Å². The lowest BCUT2D eigenvalue weighted by Crippen LogP contribution is -2.30. The van der Waals surface area contributed by atoms with E-state index in [1.165, 1.54) is 5.56 Å². The number of halogens is 1. The number of aromatic nitrogens is 1. The highest BCUT2D eigenvalue weighted by Crippen LogP contribution is 2.10. The molecule has 0 radical (unpaired) electrons. The molecule has 2 rings (SSSR count). The Labute approximate surface area is 120 Å². The fraction of sp³-hybridized carbons (Fsp3) is 0.143. The second kappa shape index (κ2) is 6.89. The summed E-state index contributed by atoms with van der Waals surface area (Å²) in [6, 6.07) is 11.3. The number of anilines is 1. The number of hydrogen-bond donors (Lipinski definition) is 2. The molecule has 0 spiro atoms. The Balaban J connectivity index is 1.74. The van der Waals surface area contributed by atoms with Gasteiger partial charge in [0.2, 0.25) is 0 Å². The van der Waals surface area contributed by atoms with Gasteiger partial charge in [0.25, 0.3) is 0 Å². The van der Waals surface area contributed by atoms with Crippen molar-refractivity contribution < 1.29 is 4.79 Å². The Bertz CT molecular complexity index is 528. The zero-order valence-corrected chi connectivity index (χ0v) is 11.9. The van der Waals surface area contributed by atoms with Crippen molar-refractivity contribution in [2.45, 2.75) is 6.42 Å². The first-order valence-electron chi connectivity index (χ1n) is 5.93. The number of nitrogens with one attached hydrogen (secondary N) is 2. The number of hydrogen-bond acceptors (Lipinski definition) is 2. The zero-order valence-electron chi connectivity index (χ0n) is 10.3. The van der Waals surface area contributed by atoms with Crippen molar-refractivity contribution in [3.05, 3.63) is 58.8 Å². The minimum absolute atomic E-state index is 0.205. The Morgan fingerprint density at radius 1 is 1.11 bits per heavy atom. The Hall–Kier alpha value is -1.88. The molecule has 0 aliphatic carbocycles. The van der Waals surface area contributed by atoms with Crippen LogP contribution >= 0.6 is 15.9 Å². The van der Waals surface area contributed by atoms with Crippen LogP contribution in [0.5, 0.6) is 0 Å². The molecular formula is C14H14BrN3O. The second-order valence-corrected chi connectivity index (χ2v) is 4.91. The van der Waals surface area contributed by atoms with Crippen LogP contribution in [-0.4, -0.2) is 17.6 Å². The van der Waals surface area contributed by atoms with Gasteiger partial charge in [-0.05, 0) is 36.2 Å². The van der Waals surface area contributed by atoms with Crippen molar-refractivity contribution in [2.75, 3.05) is 11.9 Å². The van der Waals surface area contributed by atoms with Gasteiger partial charge in [0.1, 0.15) is 0 Å². The first-order valence-corrected chi connectivity index (χ1v) is 6.72. The number of carbonyl (C=O) groups excluding carboxylic acids is 1. The van der Waals surface area contributed by atoms with E-state index in [-0.39, 0.29) is 6.03 Å². The molecule has 0 bridgehead atoms. The van der Waals surface area contributed by atoms with Gasteiger partial charge >= 0.3 is 6.03 Å². The summed E-state index contributed by atoms with van der Waals surface area (Å²) in [6.45, 7) is 0.596. The molecule has 1 aromatic heterocycles. The molecule has 1 aromatic carbocycles. The largest absolute Gasteiger partial charge is 0.338 e. The summed E-state index contributed by atoms with van der Waals surface area (Å²) in [6.07, 6.45) is 4.08. The van der Waals surface area contributed by atoms with Crippen molar-refractivity contribution in [1.29, 1.82) is 0 Å². The van der Waals surface area contributed by atoms with E-state index in [4.69, 9.17) is 0 Å². The van der Waals surface area contributed by atoms with E-state index in [0.717, 1.165) is 16.6 Å². The first-order chi connectivity index (χ1) is 9.24. The maximum Gasteiger partial charge on any atom is 0.319 e. The smallest absolute Gasteiger partial charge is 0.319 e. The van der Waals surface area contributed by atoms with Crippen LogP contribution in [0.25, 0.3) is 0 Å². The number of amides is 2. The molecule has 19 heavy (non-hydrogen) atoms. The lowest BCUT2D eigenvalue weighted by molar-refractivity contribution is 0.252. The summed E-state index contributed by atoms with van der Waals surface area (Å²) in [5.41, 5.74) is 1.92. The summed E-state index contributed by atoms with van der Waals surface area (Å²) < 4.78 is 1.06. The van der Waals surface area contributed by atoms with Crippen molar-refractivity contribution >= 4 is 27.6 Å². The fourth-order valence-corrected chi connectivity index (χ4v) is 1.85. The first kappa shape index (κ1) is 13.5. The number of rotatable bonds is 4. The predicted octanol–water partition coefficient (Wildman–Crippen LogP) is 3.21. The van der Waals surface area contributed by atoms with Gasteiger partial charge in [-0.3, -0.25) is 4.98 Å². The molecule has 0 fully saturated rings. The molecule has 0 aliphatic rings. The molecular weight excluding hydrogens is 306 g/mol. The minimum Gasteiger partial charge on any atom is -0.338 e. The number of benzene rings is 1. The summed E-state index contributed by atoms with van der Waals surface area (Å²) >= 11 is 3.39. The van der Waals surface area contributed by atoms with Crippen LogP contribution in [0.4, 0.5) is 10.5 Å². The topological polar surface area (TPSA) is 54.0 Å². The Morgan fingerprint density at radius 2 is 1.79 bits per heavy atom. The molecule has 1 heterocycles. The third kappa shape index (κ3) is 4.71. The predicted molar refractivity (Wildman–Crippen MR) is 79.1 cm³/mol. The van der Waals surface area contributed by atoms with Gasteiger partial charge in [0.05, 0.1) is 0 Å². The molecule has 5 heteroatoms. The van der Waals surface area contributed by atoms with Crippen LogP contribution in [0.1, 0.15) is 5.56 Å². The number of pyridine rings is 1. The molecule has 0 aliphatic heterocycles. The van der Waals surface area contributed by atoms with E-state index in [9.17, 15) is 4.79 Å². The van der Waals surface area contributed by atoms with Crippen LogP contribution in [0.3, 0.4) is 0 Å². The van der Waals surface area contributed by atoms with Crippen LogP contribution in [0.15, 0.2) is 53.3 Å². The molecule has 2 amide bonds. The Kier molecular flexibility index (Phi) is 4.92. The third-order valence-corrected chi connectivity index (χ3v) is 3.08. The molecule has 4 nitrogen and oxygen atoms in total. The molecule has 98 valence electrons. The molecule has 2 aromatic rings. The average Bonchev–Trinajstić information content (AvgIpc) is 2.42. The highest BCUT2D eigenvalue weighted by molar-refractivity contribution is 9.10. The van der Waals surface area contributed by atoms with E-state index < -0.39 is 0 Å². The number of carbonyl (C=O) groups is 1. The summed E-state index contributed by atoms with van der Waals surface area (Å²) in [5.74, 6) is 0. The SMILES string of the molecule is O=C(NCCc1ccc(Br)cc1)Nc1ccncc1. The normalized spacial score (nSPS) is 9.95. The average molecular weight is 320 g/mol. The third-order valence-electron chi connectivity index (χ3n) is 2.55. The van der Waals surface area contributed by atoms with Crippen molar-refractivity contribution in [2.24, 2.45) is 0 Å². The van der Waals surface area contributed by atoms with Gasteiger partial charge in [0, 0.05) is 29.1 Å². The number of nitrogens with zero attached hydrogens (tertiary/aromatic N) is 1. The standard InChI is InChI=1S/C14H14BrN3O/c15-12-3-1-11(2-4-12)5-10-17-14(19)18-13-6-8-16-9-7-13/h1-4,6-9H,5,10H2,(H2,16,17,18,19). The molecule has 0 unspecified atom stereocenters. The van der Waals surface area contributed by atoms with Gasteiger partial charge in [-0.25, -0.2) is 4.79 Å². The lowest BCUT2D eigenvalue weighted by Gasteiger charge is -2.07. The fourth-order valence-electron chi connectivity index (χ4n) is 1.58. The maximum atomic E-state index is 11.6. The van der Waals surface area contributed by atoms with Gasteiger partial charge in [-0.15, -0.1) is 0 Å². The minimum atomic E-state index is -0.205. The molecule has 2 N–H and O–H groups in total. The van der Waals surface area contributed by atoms with E-state index in [1.807, 2.05) is 24.3 Å². The Morgan fingerprint density at radius 3 is 2.47 bits per heavy atom. The highest BCUT2D eigenvalue weighted by atomic mass is 79.9. The summed E-state index contributed by atoms with van der Waals surface area (Å²) in [7, 11) is 0. The monoisotopic (exact) mass is 319 g/mol. The van der Waals surface area contributed by atoms with Crippen LogP contribution < -0.4 is 10.6 Å². The van der Waals surface area contributed by atoms with Gasteiger partial charge < -0.3 is 10.6 Å². The lowest BCUT2D eigenvalue weighted by atomic mass is 10.1.